The lowest BCUT2D eigenvalue weighted by Gasteiger charge is -2.25. The number of aldehydes is 1. The van der Waals surface area contributed by atoms with Gasteiger partial charge in [-0.1, -0.05) is 66.7 Å². The van der Waals surface area contributed by atoms with Crippen molar-refractivity contribution in [2.24, 2.45) is 0 Å². The van der Waals surface area contributed by atoms with Gasteiger partial charge in [-0.3, -0.25) is 14.4 Å². The molecule has 0 saturated carbocycles. The van der Waals surface area contributed by atoms with Crippen molar-refractivity contribution in [3.8, 4) is 5.75 Å². The highest BCUT2D eigenvalue weighted by Gasteiger charge is 2.25. The zero-order valence-corrected chi connectivity index (χ0v) is 22.1. The summed E-state index contributed by atoms with van der Waals surface area (Å²) in [5.74, 6) is -0.502. The third-order valence-electron chi connectivity index (χ3n) is 6.07. The van der Waals surface area contributed by atoms with Gasteiger partial charge in [0, 0.05) is 25.6 Å². The Morgan fingerprint density at radius 1 is 0.846 bits per heavy atom. The molecule has 0 unspecified atom stereocenters. The Bertz CT molecular complexity index is 1260. The van der Waals surface area contributed by atoms with Crippen LogP contribution in [0.25, 0.3) is 0 Å². The molecule has 39 heavy (non-hydrogen) atoms. The van der Waals surface area contributed by atoms with Crippen molar-refractivity contribution in [2.45, 2.75) is 31.3 Å². The Hall–Kier alpha value is -4.72. The Labute approximate surface area is 228 Å². The van der Waals surface area contributed by atoms with Gasteiger partial charge in [-0.15, -0.1) is 0 Å². The predicted octanol–water partition coefficient (Wildman–Crippen LogP) is 3.26. The lowest BCUT2D eigenvalue weighted by atomic mass is 10.0. The second kappa shape index (κ2) is 14.9. The van der Waals surface area contributed by atoms with Crippen LogP contribution in [0.2, 0.25) is 0 Å². The number of amides is 3. The largest absolute Gasteiger partial charge is 0.497 e. The third kappa shape index (κ3) is 9.27. The number of ether oxygens (including phenoxy) is 1. The summed E-state index contributed by atoms with van der Waals surface area (Å²) in [5.41, 5.74) is 2.48. The second-order valence-electron chi connectivity index (χ2n) is 8.95. The molecule has 0 aliphatic carbocycles. The quantitative estimate of drug-likeness (QED) is 0.262. The van der Waals surface area contributed by atoms with Crippen molar-refractivity contribution in [1.29, 1.82) is 0 Å². The number of hydrogen-bond acceptors (Lipinski definition) is 5. The smallest absolute Gasteiger partial charge is 0.249 e. The van der Waals surface area contributed by atoms with Crippen LogP contribution in [-0.2, 0) is 32.0 Å². The van der Waals surface area contributed by atoms with Crippen LogP contribution in [0.15, 0.2) is 97.1 Å². The Morgan fingerprint density at radius 2 is 1.44 bits per heavy atom. The number of rotatable bonds is 13. The fraction of sp³-hybridized carbons (Fsp3) is 0.226. The first-order valence-corrected chi connectivity index (χ1v) is 12.6. The lowest BCUT2D eigenvalue weighted by Crippen LogP contribution is -2.48. The van der Waals surface area contributed by atoms with E-state index < -0.39 is 23.9 Å². The van der Waals surface area contributed by atoms with Crippen LogP contribution in [0.3, 0.4) is 0 Å². The molecular weight excluding hydrogens is 494 g/mol. The molecule has 0 radical (unpaired) electrons. The Balaban J connectivity index is 1.60. The molecule has 0 aliphatic heterocycles. The fourth-order valence-corrected chi connectivity index (χ4v) is 3.97. The summed E-state index contributed by atoms with van der Waals surface area (Å²) in [6, 6.07) is 24.3. The van der Waals surface area contributed by atoms with Gasteiger partial charge in [0.2, 0.25) is 17.7 Å². The van der Waals surface area contributed by atoms with Crippen molar-refractivity contribution < 1.29 is 23.9 Å². The zero-order valence-electron chi connectivity index (χ0n) is 22.1. The summed E-state index contributed by atoms with van der Waals surface area (Å²) in [4.78, 5) is 51.3. The molecule has 3 aromatic rings. The SMILES string of the molecule is COc1ccc(N(C)C(=O)[C@H](Cc2ccccc2)NC(=O)C/C=C/C(=O)N[C@H](C=O)Cc2ccccc2)cc1. The second-order valence-corrected chi connectivity index (χ2v) is 8.95. The topological polar surface area (TPSA) is 105 Å². The summed E-state index contributed by atoms with van der Waals surface area (Å²) < 4.78 is 5.18. The van der Waals surface area contributed by atoms with Gasteiger partial charge in [-0.2, -0.15) is 0 Å². The zero-order chi connectivity index (χ0) is 28.0. The Morgan fingerprint density at radius 3 is 2.00 bits per heavy atom. The maximum absolute atomic E-state index is 13.4. The van der Waals surface area contributed by atoms with Gasteiger partial charge in [-0.05, 0) is 47.9 Å². The number of methoxy groups -OCH3 is 1. The first kappa shape index (κ1) is 28.8. The van der Waals surface area contributed by atoms with E-state index in [0.29, 0.717) is 30.6 Å². The van der Waals surface area contributed by atoms with Crippen LogP contribution >= 0.6 is 0 Å². The van der Waals surface area contributed by atoms with E-state index in [1.807, 2.05) is 60.7 Å². The van der Waals surface area contributed by atoms with Crippen LogP contribution in [0.5, 0.6) is 5.75 Å². The summed E-state index contributed by atoms with van der Waals surface area (Å²) in [6.07, 6.45) is 3.88. The molecule has 0 aromatic heterocycles. The van der Waals surface area contributed by atoms with E-state index in [9.17, 15) is 19.2 Å². The highest BCUT2D eigenvalue weighted by molar-refractivity contribution is 5.99. The van der Waals surface area contributed by atoms with Gasteiger partial charge >= 0.3 is 0 Å². The number of benzene rings is 3. The van der Waals surface area contributed by atoms with Crippen LogP contribution in [-0.4, -0.2) is 50.2 Å². The van der Waals surface area contributed by atoms with Crippen LogP contribution in [0.1, 0.15) is 17.5 Å². The lowest BCUT2D eigenvalue weighted by molar-refractivity contribution is -0.127. The first-order valence-electron chi connectivity index (χ1n) is 12.6. The van der Waals surface area contributed by atoms with Gasteiger partial charge < -0.3 is 25.1 Å². The van der Waals surface area contributed by atoms with Crippen LogP contribution < -0.4 is 20.3 Å². The van der Waals surface area contributed by atoms with Gasteiger partial charge in [0.05, 0.1) is 13.2 Å². The van der Waals surface area contributed by atoms with E-state index in [0.717, 1.165) is 11.1 Å². The van der Waals surface area contributed by atoms with Gasteiger partial charge in [-0.25, -0.2) is 0 Å². The third-order valence-corrected chi connectivity index (χ3v) is 6.07. The highest BCUT2D eigenvalue weighted by Crippen LogP contribution is 2.19. The van der Waals surface area contributed by atoms with E-state index in [-0.39, 0.29) is 12.3 Å². The van der Waals surface area contributed by atoms with E-state index >= 15 is 0 Å². The monoisotopic (exact) mass is 527 g/mol. The van der Waals surface area contributed by atoms with E-state index in [4.69, 9.17) is 4.74 Å². The number of carbonyl (C=O) groups is 4. The van der Waals surface area contributed by atoms with Crippen molar-refractivity contribution in [3.05, 3.63) is 108 Å². The van der Waals surface area contributed by atoms with Crippen molar-refractivity contribution in [3.63, 3.8) is 0 Å². The molecule has 0 spiro atoms. The molecule has 0 saturated heterocycles. The summed E-state index contributed by atoms with van der Waals surface area (Å²) in [7, 11) is 3.22. The standard InChI is InChI=1S/C31H33N3O5/c1-34(26-16-18-27(39-2)19-17-26)31(38)28(21-24-12-7-4-8-13-24)33-30(37)15-9-14-29(36)32-25(22-35)20-23-10-5-3-6-11-23/h3-14,16-19,22,25,28H,15,20-21H2,1-2H3,(H,32,36)(H,33,37)/b14-9+/t25-,28-/m0/s1. The van der Waals surface area contributed by atoms with Gasteiger partial charge in [0.15, 0.2) is 0 Å². The number of anilines is 1. The number of hydrogen-bond donors (Lipinski definition) is 2. The number of nitrogens with one attached hydrogen (secondary N) is 2. The van der Waals surface area contributed by atoms with Crippen LogP contribution in [0.4, 0.5) is 5.69 Å². The molecule has 3 aromatic carbocycles. The minimum absolute atomic E-state index is 0.108. The van der Waals surface area contributed by atoms with Crippen molar-refractivity contribution in [2.75, 3.05) is 19.1 Å². The summed E-state index contributed by atoms with van der Waals surface area (Å²) in [6.45, 7) is 0. The fourth-order valence-electron chi connectivity index (χ4n) is 3.97. The molecule has 2 N–H and O–H groups in total. The maximum atomic E-state index is 13.4. The molecule has 8 heteroatoms. The normalized spacial score (nSPS) is 12.3. The maximum Gasteiger partial charge on any atom is 0.249 e. The highest BCUT2D eigenvalue weighted by atomic mass is 16.5. The molecule has 0 heterocycles. The number of nitrogens with zero attached hydrogens (tertiary/aromatic N) is 1. The molecule has 0 bridgehead atoms. The average molecular weight is 528 g/mol. The van der Waals surface area contributed by atoms with Crippen molar-refractivity contribution >= 4 is 29.7 Å². The van der Waals surface area contributed by atoms with E-state index in [2.05, 4.69) is 10.6 Å². The molecule has 0 aliphatic rings. The van der Waals surface area contributed by atoms with E-state index in [1.165, 1.54) is 17.1 Å². The van der Waals surface area contributed by atoms with Crippen LogP contribution in [0, 0.1) is 0 Å². The minimum atomic E-state index is -0.820. The molecule has 3 rings (SSSR count). The molecule has 3 amide bonds. The predicted molar refractivity (Wildman–Crippen MR) is 150 cm³/mol. The Kier molecular flexibility index (Phi) is 11.0. The van der Waals surface area contributed by atoms with Gasteiger partial charge in [0.25, 0.3) is 0 Å². The molecular formula is C31H33N3O5. The molecule has 202 valence electrons. The summed E-state index contributed by atoms with van der Waals surface area (Å²) >= 11 is 0. The minimum Gasteiger partial charge on any atom is -0.497 e. The van der Waals surface area contributed by atoms with E-state index in [1.54, 1.807) is 38.4 Å². The molecule has 8 nitrogen and oxygen atoms in total. The first-order chi connectivity index (χ1) is 18.9. The number of carbonyl (C=O) groups excluding carboxylic acids is 4. The number of likely N-dealkylation sites (N-methyl/N-ethyl adjacent to an activating group) is 1. The summed E-state index contributed by atoms with van der Waals surface area (Å²) in [5, 5.41) is 5.43. The van der Waals surface area contributed by atoms with Crippen molar-refractivity contribution in [1.82, 2.24) is 10.6 Å². The van der Waals surface area contributed by atoms with Gasteiger partial charge in [0.1, 0.15) is 18.1 Å². The molecule has 2 atom stereocenters. The average Bonchev–Trinajstić information content (AvgIpc) is 2.96. The molecule has 0 fully saturated rings.